The molecule has 0 saturated heterocycles. The molecule has 0 unspecified atom stereocenters. The summed E-state index contributed by atoms with van der Waals surface area (Å²) in [6.07, 6.45) is 0. The van der Waals surface area contributed by atoms with Crippen molar-refractivity contribution < 1.29 is 24.3 Å². The van der Waals surface area contributed by atoms with Crippen molar-refractivity contribution in [3.63, 3.8) is 0 Å². The molecule has 0 bridgehead atoms. The Kier molecular flexibility index (Phi) is 9.06. The molecule has 1 radical (unpaired) electrons. The molecule has 0 aromatic carbocycles. The number of hydrogen-bond donors (Lipinski definition) is 0. The molecule has 33 valence electrons. The minimum absolute atomic E-state index is 0. The van der Waals surface area contributed by atoms with E-state index in [1.54, 1.807) is 0 Å². The summed E-state index contributed by atoms with van der Waals surface area (Å²) in [5.41, 5.74) is 0. The van der Waals surface area contributed by atoms with Gasteiger partial charge in [-0.05, 0) is 23.2 Å². The van der Waals surface area contributed by atoms with Crippen molar-refractivity contribution in [3.05, 3.63) is 0 Å². The predicted octanol–water partition coefficient (Wildman–Crippen LogP) is 1.58. The summed E-state index contributed by atoms with van der Waals surface area (Å²) in [4.78, 5) is 8.98. The molecule has 0 atom stereocenters. The fourth-order valence-electron chi connectivity index (χ4n) is 0. The van der Waals surface area contributed by atoms with E-state index in [0.717, 1.165) is 0 Å². The van der Waals surface area contributed by atoms with Gasteiger partial charge in [-0.1, -0.05) is 0 Å². The van der Waals surface area contributed by atoms with Gasteiger partial charge in [-0.15, -0.1) is 0 Å². The summed E-state index contributed by atoms with van der Waals surface area (Å²) in [6.45, 7) is 0. The van der Waals surface area contributed by atoms with Crippen molar-refractivity contribution in [1.29, 1.82) is 0 Å². The van der Waals surface area contributed by atoms with E-state index in [9.17, 15) is 0 Å². The first-order valence-electron chi connectivity index (χ1n) is 0.582. The normalized spacial score (nSPS) is 5.20. The van der Waals surface area contributed by atoms with Gasteiger partial charge in [0.05, 0.1) is 0 Å². The van der Waals surface area contributed by atoms with Crippen LogP contribution in [0.3, 0.4) is 0 Å². The van der Waals surface area contributed by atoms with Gasteiger partial charge in [0.25, 0.3) is 0 Å². The molecule has 0 spiro atoms. The summed E-state index contributed by atoms with van der Waals surface area (Å²) >= 11 is 8.80. The molecule has 0 saturated carbocycles. The van der Waals surface area contributed by atoms with E-state index in [1.807, 2.05) is 0 Å². The van der Waals surface area contributed by atoms with E-state index in [-0.39, 0.29) is 19.5 Å². The van der Waals surface area contributed by atoms with Crippen molar-refractivity contribution in [3.8, 4) is 0 Å². The Morgan fingerprint density at radius 2 is 1.40 bits per heavy atom. The fraction of sp³-hybridized carbons (Fsp3) is 0. The second-order valence-electron chi connectivity index (χ2n) is 0.226. The molecule has 4 heteroatoms. The van der Waals surface area contributed by atoms with Crippen LogP contribution >= 0.6 is 23.2 Å². The van der Waals surface area contributed by atoms with Gasteiger partial charge in [0.2, 0.25) is 0 Å². The number of carbonyl (C=O) groups is 1. The second kappa shape index (κ2) is 4.87. The van der Waals surface area contributed by atoms with E-state index in [4.69, 9.17) is 4.79 Å². The zero-order valence-corrected chi connectivity index (χ0v) is 5.15. The van der Waals surface area contributed by atoms with Crippen molar-refractivity contribution in [2.45, 2.75) is 0 Å². The molecule has 0 aromatic heterocycles. The maximum atomic E-state index is 8.98. The van der Waals surface area contributed by atoms with Gasteiger partial charge in [-0.3, -0.25) is 4.79 Å². The molecule has 0 amide bonds. The van der Waals surface area contributed by atoms with E-state index in [0.29, 0.717) is 0 Å². The Bertz CT molecular complexity index is 32.6. The van der Waals surface area contributed by atoms with Crippen LogP contribution in [0, 0.1) is 0 Å². The molecule has 0 fully saturated rings. The van der Waals surface area contributed by atoms with Gasteiger partial charge < -0.3 is 0 Å². The van der Waals surface area contributed by atoms with Crippen LogP contribution in [0.15, 0.2) is 0 Å². The molecule has 0 N–H and O–H groups in total. The van der Waals surface area contributed by atoms with Gasteiger partial charge in [0, 0.05) is 19.5 Å². The van der Waals surface area contributed by atoms with E-state index < -0.39 is 4.70 Å². The number of carbonyl (C=O) groups excluding carboxylic acids is 1. The Hall–Kier alpha value is 0.873. The van der Waals surface area contributed by atoms with Crippen LogP contribution in [0.2, 0.25) is 0 Å². The van der Waals surface area contributed by atoms with Crippen LogP contribution in [0.4, 0.5) is 4.79 Å². The predicted molar refractivity (Wildman–Crippen MR) is 17.1 cm³/mol. The molecule has 5 heavy (non-hydrogen) atoms. The first-order chi connectivity index (χ1) is 1.73. The Morgan fingerprint density at radius 1 is 1.40 bits per heavy atom. The topological polar surface area (TPSA) is 17.1 Å². The maximum absolute atomic E-state index is 8.98. The van der Waals surface area contributed by atoms with Crippen LogP contribution in [0.5, 0.6) is 0 Å². The Labute approximate surface area is 52.4 Å². The third-order valence-electron chi connectivity index (χ3n) is 0. The van der Waals surface area contributed by atoms with Crippen LogP contribution < -0.4 is 0 Å². The molecule has 0 rings (SSSR count). The zero-order chi connectivity index (χ0) is 3.58. The zero-order valence-electron chi connectivity index (χ0n) is 2.00. The summed E-state index contributed by atoms with van der Waals surface area (Å²) in [5.74, 6) is 0. The van der Waals surface area contributed by atoms with Crippen LogP contribution in [0.25, 0.3) is 0 Å². The quantitative estimate of drug-likeness (QED) is 0.430. The molecule has 0 aromatic rings. The monoisotopic (exact) mass is 201 g/mol. The van der Waals surface area contributed by atoms with Crippen LogP contribution in [-0.2, 0) is 19.5 Å². The van der Waals surface area contributed by atoms with Crippen molar-refractivity contribution in [1.82, 2.24) is 0 Å². The minimum atomic E-state index is -0.889. The maximum Gasteiger partial charge on any atom is 0.313 e. The fourth-order valence-corrected chi connectivity index (χ4v) is 0. The van der Waals surface area contributed by atoms with E-state index in [2.05, 4.69) is 23.2 Å². The molecular formula is CCl2ORh. The average molecular weight is 202 g/mol. The van der Waals surface area contributed by atoms with Gasteiger partial charge in [0.15, 0.2) is 0 Å². The van der Waals surface area contributed by atoms with Crippen molar-refractivity contribution in [2.75, 3.05) is 0 Å². The first kappa shape index (κ1) is 9.30. The van der Waals surface area contributed by atoms with Gasteiger partial charge in [-0.2, -0.15) is 0 Å². The summed E-state index contributed by atoms with van der Waals surface area (Å²) in [7, 11) is 0. The number of hydrogen-bond acceptors (Lipinski definition) is 1. The van der Waals surface area contributed by atoms with Gasteiger partial charge in [-0.25, -0.2) is 0 Å². The minimum Gasteiger partial charge on any atom is -0.262 e. The molecule has 0 aliphatic heterocycles. The van der Waals surface area contributed by atoms with Gasteiger partial charge >= 0.3 is 4.70 Å². The Morgan fingerprint density at radius 3 is 1.40 bits per heavy atom. The molecule has 0 aliphatic rings. The summed E-state index contributed by atoms with van der Waals surface area (Å²) < 4.78 is -0.889. The smallest absolute Gasteiger partial charge is 0.262 e. The average Bonchev–Trinajstić information content (AvgIpc) is 0.811. The number of rotatable bonds is 0. The first-order valence-corrected chi connectivity index (χ1v) is 1.34. The molecule has 1 nitrogen and oxygen atoms in total. The van der Waals surface area contributed by atoms with Crippen LogP contribution in [0.1, 0.15) is 0 Å². The SMILES string of the molecule is O=C(Cl)Cl.[Rh]. The standard InChI is InChI=1S/CCl2O.Rh/c2-1(3)4;. The number of halogens is 2. The third kappa shape index (κ3) is 52.7. The Balaban J connectivity index is 0. The molecule has 0 aliphatic carbocycles. The molecule has 0 heterocycles. The van der Waals surface area contributed by atoms with Gasteiger partial charge in [0.1, 0.15) is 0 Å². The summed E-state index contributed by atoms with van der Waals surface area (Å²) in [6, 6.07) is 0. The largest absolute Gasteiger partial charge is 0.313 e. The summed E-state index contributed by atoms with van der Waals surface area (Å²) in [5, 5.41) is 0. The van der Waals surface area contributed by atoms with Crippen molar-refractivity contribution in [2.24, 2.45) is 0 Å². The molecular weight excluding hydrogens is 202 g/mol. The van der Waals surface area contributed by atoms with E-state index >= 15 is 0 Å². The van der Waals surface area contributed by atoms with Crippen molar-refractivity contribution >= 4 is 27.9 Å². The third-order valence-corrected chi connectivity index (χ3v) is 0. The second-order valence-corrected chi connectivity index (χ2v) is 1.11. The van der Waals surface area contributed by atoms with E-state index in [1.165, 1.54) is 0 Å². The van der Waals surface area contributed by atoms with Crippen LogP contribution in [-0.4, -0.2) is 4.70 Å².